The van der Waals surface area contributed by atoms with E-state index in [9.17, 15) is 40.5 Å². The summed E-state index contributed by atoms with van der Waals surface area (Å²) in [5, 5.41) is 70.0. The van der Waals surface area contributed by atoms with Crippen molar-refractivity contribution in [3.63, 3.8) is 0 Å². The fourth-order valence-corrected chi connectivity index (χ4v) is 3.44. The van der Waals surface area contributed by atoms with E-state index in [4.69, 9.17) is 13.9 Å². The molecule has 2 heterocycles. The van der Waals surface area contributed by atoms with Gasteiger partial charge in [0.25, 0.3) is 0 Å². The highest BCUT2D eigenvalue weighted by molar-refractivity contribution is 5.93. The monoisotopic (exact) mass is 448 g/mol. The fraction of sp³-hybridized carbons (Fsp3) is 0.286. The highest BCUT2D eigenvalue weighted by Gasteiger charge is 2.43. The first kappa shape index (κ1) is 21.7. The summed E-state index contributed by atoms with van der Waals surface area (Å²) < 4.78 is 16.2. The molecule has 1 aromatic heterocycles. The largest absolute Gasteiger partial charge is 0.508 e. The molecule has 0 bridgehead atoms. The molecular formula is C21H20O11. The van der Waals surface area contributed by atoms with Crippen LogP contribution in [-0.2, 0) is 4.74 Å². The van der Waals surface area contributed by atoms with Gasteiger partial charge in [0.05, 0.1) is 6.10 Å². The van der Waals surface area contributed by atoms with E-state index in [1.165, 1.54) is 31.2 Å². The Bertz CT molecular complexity index is 1220. The standard InChI is InChI=1S/C21H20O11/c1-7-13(24)16(27)18(29)21(30-7)31-11-6-10(23)12-15(26)17(28)19(32-20(12)14(11)25)8-2-4-9(22)5-3-8/h2-7,13,16,18,21-25,27-29H,1H3/t7-,13-,16+,18+,21-/m1/s1. The molecular weight excluding hydrogens is 428 g/mol. The summed E-state index contributed by atoms with van der Waals surface area (Å²) >= 11 is 0. The SMILES string of the molecule is C[C@H]1O[C@H](Oc2cc(O)c3c(=O)c(O)c(-c4ccc(O)cc4)oc3c2O)[C@@H](O)[C@@H](O)[C@@H]1O. The zero-order valence-corrected chi connectivity index (χ0v) is 16.5. The van der Waals surface area contributed by atoms with Gasteiger partial charge in [0.2, 0.25) is 23.2 Å². The lowest BCUT2D eigenvalue weighted by molar-refractivity contribution is -0.268. The predicted molar refractivity (Wildman–Crippen MR) is 108 cm³/mol. The molecule has 0 radical (unpaired) electrons. The summed E-state index contributed by atoms with van der Waals surface area (Å²) in [6.45, 7) is 1.43. The first-order valence-electron chi connectivity index (χ1n) is 9.50. The van der Waals surface area contributed by atoms with Crippen LogP contribution in [0.2, 0.25) is 0 Å². The number of hydrogen-bond donors (Lipinski definition) is 7. The summed E-state index contributed by atoms with van der Waals surface area (Å²) in [7, 11) is 0. The topological polar surface area (TPSA) is 190 Å². The highest BCUT2D eigenvalue weighted by atomic mass is 16.7. The van der Waals surface area contributed by atoms with E-state index in [2.05, 4.69) is 0 Å². The molecule has 2 aromatic carbocycles. The van der Waals surface area contributed by atoms with E-state index < -0.39 is 70.1 Å². The maximum atomic E-state index is 12.6. The average molecular weight is 448 g/mol. The van der Waals surface area contributed by atoms with Crippen LogP contribution in [0.4, 0.5) is 0 Å². The van der Waals surface area contributed by atoms with E-state index in [1.54, 1.807) is 0 Å². The van der Waals surface area contributed by atoms with Crippen LogP contribution in [0.3, 0.4) is 0 Å². The first-order valence-corrected chi connectivity index (χ1v) is 9.50. The summed E-state index contributed by atoms with van der Waals surface area (Å²) in [4.78, 5) is 12.6. The molecule has 11 nitrogen and oxygen atoms in total. The highest BCUT2D eigenvalue weighted by Crippen LogP contribution is 2.43. The van der Waals surface area contributed by atoms with Gasteiger partial charge in [-0.25, -0.2) is 0 Å². The van der Waals surface area contributed by atoms with Gasteiger partial charge >= 0.3 is 0 Å². The Morgan fingerprint density at radius 2 is 1.56 bits per heavy atom. The number of rotatable bonds is 3. The van der Waals surface area contributed by atoms with Crippen molar-refractivity contribution in [3.8, 4) is 40.1 Å². The van der Waals surface area contributed by atoms with Gasteiger partial charge in [0.15, 0.2) is 17.1 Å². The lowest BCUT2D eigenvalue weighted by Crippen LogP contribution is -2.58. The van der Waals surface area contributed by atoms with Gasteiger partial charge < -0.3 is 49.6 Å². The molecule has 1 saturated heterocycles. The van der Waals surface area contributed by atoms with E-state index in [0.29, 0.717) is 0 Å². The van der Waals surface area contributed by atoms with Crippen LogP contribution in [0.15, 0.2) is 39.5 Å². The molecule has 32 heavy (non-hydrogen) atoms. The van der Waals surface area contributed by atoms with Gasteiger partial charge in [-0.2, -0.15) is 0 Å². The van der Waals surface area contributed by atoms with Gasteiger partial charge in [0.1, 0.15) is 35.2 Å². The van der Waals surface area contributed by atoms with Crippen molar-refractivity contribution < 1.29 is 49.6 Å². The normalized spacial score (nSPS) is 25.7. The number of ether oxygens (including phenoxy) is 2. The number of fused-ring (bicyclic) bond motifs is 1. The van der Waals surface area contributed by atoms with Gasteiger partial charge in [-0.15, -0.1) is 0 Å². The third-order valence-corrected chi connectivity index (χ3v) is 5.24. The minimum Gasteiger partial charge on any atom is -0.508 e. The first-order chi connectivity index (χ1) is 15.1. The number of aliphatic hydroxyl groups excluding tert-OH is 3. The molecule has 1 aliphatic rings. The maximum Gasteiger partial charge on any atom is 0.238 e. The van der Waals surface area contributed by atoms with Gasteiger partial charge in [-0.3, -0.25) is 4.79 Å². The molecule has 0 unspecified atom stereocenters. The van der Waals surface area contributed by atoms with Crippen LogP contribution < -0.4 is 10.2 Å². The Balaban J connectivity index is 1.82. The second kappa shape index (κ2) is 7.88. The molecule has 0 spiro atoms. The van der Waals surface area contributed by atoms with Crippen LogP contribution >= 0.6 is 0 Å². The molecule has 4 rings (SSSR count). The predicted octanol–water partition coefficient (Wildman–Crippen LogP) is 0.489. The Labute approximate surface area is 179 Å². The summed E-state index contributed by atoms with van der Waals surface area (Å²) in [5.41, 5.74) is -1.36. The van der Waals surface area contributed by atoms with Crippen molar-refractivity contribution in [2.24, 2.45) is 0 Å². The summed E-state index contributed by atoms with van der Waals surface area (Å²) in [6, 6.07) is 6.15. The number of aliphatic hydroxyl groups is 3. The third-order valence-electron chi connectivity index (χ3n) is 5.24. The number of phenolic OH excluding ortho intramolecular Hbond substituents is 3. The summed E-state index contributed by atoms with van der Waals surface area (Å²) in [6.07, 6.45) is -7.14. The molecule has 0 amide bonds. The van der Waals surface area contributed by atoms with Crippen molar-refractivity contribution in [2.75, 3.05) is 0 Å². The number of aromatic hydroxyl groups is 4. The molecule has 170 valence electrons. The number of benzene rings is 2. The molecule has 11 heteroatoms. The van der Waals surface area contributed by atoms with Crippen LogP contribution in [0.1, 0.15) is 6.92 Å². The van der Waals surface area contributed by atoms with Crippen molar-refractivity contribution in [1.82, 2.24) is 0 Å². The van der Waals surface area contributed by atoms with E-state index in [0.717, 1.165) is 6.07 Å². The maximum absolute atomic E-state index is 12.6. The Kier molecular flexibility index (Phi) is 5.34. The lowest BCUT2D eigenvalue weighted by Gasteiger charge is -2.38. The van der Waals surface area contributed by atoms with E-state index in [-0.39, 0.29) is 17.1 Å². The van der Waals surface area contributed by atoms with Gasteiger partial charge in [-0.1, -0.05) is 0 Å². The fourth-order valence-electron chi connectivity index (χ4n) is 3.44. The lowest BCUT2D eigenvalue weighted by atomic mass is 10.00. The molecule has 7 N–H and O–H groups in total. The summed E-state index contributed by atoms with van der Waals surface area (Å²) in [5.74, 6) is -3.15. The molecule has 0 saturated carbocycles. The van der Waals surface area contributed by atoms with Crippen LogP contribution in [0.25, 0.3) is 22.3 Å². The molecule has 3 aromatic rings. The zero-order chi connectivity index (χ0) is 23.3. The molecule has 0 aliphatic carbocycles. The Hall–Kier alpha value is -3.51. The van der Waals surface area contributed by atoms with E-state index in [1.807, 2.05) is 0 Å². The van der Waals surface area contributed by atoms with Crippen molar-refractivity contribution in [3.05, 3.63) is 40.6 Å². The molecule has 1 fully saturated rings. The van der Waals surface area contributed by atoms with Crippen LogP contribution in [0.5, 0.6) is 28.7 Å². The number of phenols is 3. The quantitative estimate of drug-likeness (QED) is 0.276. The second-order valence-corrected chi connectivity index (χ2v) is 7.40. The smallest absolute Gasteiger partial charge is 0.238 e. The minimum absolute atomic E-state index is 0.0693. The van der Waals surface area contributed by atoms with Gasteiger partial charge in [0, 0.05) is 11.6 Å². The van der Waals surface area contributed by atoms with Crippen LogP contribution in [-0.4, -0.2) is 66.5 Å². The van der Waals surface area contributed by atoms with Crippen molar-refractivity contribution in [2.45, 2.75) is 37.6 Å². The average Bonchev–Trinajstić information content (AvgIpc) is 2.76. The third kappa shape index (κ3) is 3.46. The van der Waals surface area contributed by atoms with E-state index >= 15 is 0 Å². The van der Waals surface area contributed by atoms with Gasteiger partial charge in [-0.05, 0) is 31.2 Å². The Morgan fingerprint density at radius 1 is 0.906 bits per heavy atom. The number of hydrogen-bond acceptors (Lipinski definition) is 11. The molecule has 5 atom stereocenters. The van der Waals surface area contributed by atoms with Crippen molar-refractivity contribution >= 4 is 11.0 Å². The zero-order valence-electron chi connectivity index (χ0n) is 16.5. The second-order valence-electron chi connectivity index (χ2n) is 7.40. The Morgan fingerprint density at radius 3 is 2.22 bits per heavy atom. The minimum atomic E-state index is -1.70. The van der Waals surface area contributed by atoms with Crippen molar-refractivity contribution in [1.29, 1.82) is 0 Å². The van der Waals surface area contributed by atoms with Crippen LogP contribution in [0, 0.1) is 0 Å². The molecule has 1 aliphatic heterocycles.